The van der Waals surface area contributed by atoms with Gasteiger partial charge in [0.05, 0.1) is 13.2 Å². The molecule has 2 rings (SSSR count). The molecule has 0 aliphatic carbocycles. The summed E-state index contributed by atoms with van der Waals surface area (Å²) in [5.41, 5.74) is -0.267. The first-order valence-electron chi connectivity index (χ1n) is 4.76. The van der Waals surface area contributed by atoms with Crippen LogP contribution in [-0.4, -0.2) is 31.3 Å². The van der Waals surface area contributed by atoms with E-state index in [1.807, 2.05) is 4.90 Å². The van der Waals surface area contributed by atoms with E-state index in [1.165, 1.54) is 6.92 Å². The zero-order valence-corrected chi connectivity index (χ0v) is 8.37. The van der Waals surface area contributed by atoms with Gasteiger partial charge in [0, 0.05) is 13.1 Å². The highest BCUT2D eigenvalue weighted by Gasteiger charge is 2.22. The molecule has 0 bridgehead atoms. The second-order valence-corrected chi connectivity index (χ2v) is 3.34. The summed E-state index contributed by atoms with van der Waals surface area (Å²) in [6.07, 6.45) is -2.58. The Balaban J connectivity index is 2.17. The van der Waals surface area contributed by atoms with Crippen molar-refractivity contribution in [3.8, 4) is 0 Å². The lowest BCUT2D eigenvalue weighted by Gasteiger charge is -2.24. The van der Waals surface area contributed by atoms with Crippen molar-refractivity contribution in [1.29, 1.82) is 0 Å². The van der Waals surface area contributed by atoms with E-state index in [4.69, 9.17) is 9.15 Å². The third kappa shape index (κ3) is 2.09. The maximum absolute atomic E-state index is 12.4. The Kier molecular flexibility index (Phi) is 2.86. The molecule has 2 heterocycles. The maximum atomic E-state index is 12.4. The fourth-order valence-corrected chi connectivity index (χ4v) is 1.49. The van der Waals surface area contributed by atoms with Gasteiger partial charge in [-0.25, -0.2) is 8.78 Å². The molecule has 0 radical (unpaired) electrons. The van der Waals surface area contributed by atoms with E-state index in [1.54, 1.807) is 0 Å². The van der Waals surface area contributed by atoms with Crippen molar-refractivity contribution in [2.45, 2.75) is 13.3 Å². The highest BCUT2D eigenvalue weighted by Crippen LogP contribution is 2.26. The minimum absolute atomic E-state index is 0.187. The molecular weight excluding hydrogens is 206 g/mol. The number of aryl methyl sites for hydroxylation is 1. The molecule has 4 nitrogen and oxygen atoms in total. The Morgan fingerprint density at radius 3 is 2.53 bits per heavy atom. The molecule has 0 spiro atoms. The molecular formula is C9H12F2N2O2. The highest BCUT2D eigenvalue weighted by molar-refractivity contribution is 5.30. The molecule has 0 aromatic carbocycles. The van der Waals surface area contributed by atoms with E-state index < -0.39 is 6.43 Å². The largest absolute Gasteiger partial charge is 0.428 e. The molecule has 1 aromatic rings. The number of rotatable bonds is 2. The summed E-state index contributed by atoms with van der Waals surface area (Å²) in [4.78, 5) is 5.59. The third-order valence-corrected chi connectivity index (χ3v) is 2.31. The smallest absolute Gasteiger partial charge is 0.298 e. The lowest BCUT2D eigenvalue weighted by molar-refractivity contribution is 0.120. The van der Waals surface area contributed by atoms with Gasteiger partial charge in [0.15, 0.2) is 0 Å². The Hall–Kier alpha value is -1.17. The van der Waals surface area contributed by atoms with E-state index in [0.717, 1.165) is 0 Å². The van der Waals surface area contributed by atoms with Crippen molar-refractivity contribution in [2.75, 3.05) is 31.2 Å². The molecule has 1 aliphatic heterocycles. The predicted octanol–water partition coefficient (Wildman–Crippen LogP) is 1.76. The summed E-state index contributed by atoms with van der Waals surface area (Å²) >= 11 is 0. The summed E-state index contributed by atoms with van der Waals surface area (Å²) in [6, 6.07) is 0.270. The molecule has 0 atom stereocenters. The molecule has 1 saturated heterocycles. The van der Waals surface area contributed by atoms with E-state index in [2.05, 4.69) is 4.98 Å². The van der Waals surface area contributed by atoms with E-state index in [-0.39, 0.29) is 17.5 Å². The maximum Gasteiger partial charge on any atom is 0.298 e. The summed E-state index contributed by atoms with van der Waals surface area (Å²) in [5, 5.41) is 0. The first kappa shape index (κ1) is 10.4. The van der Waals surface area contributed by atoms with Crippen molar-refractivity contribution in [3.63, 3.8) is 0 Å². The average molecular weight is 218 g/mol. The van der Waals surface area contributed by atoms with Gasteiger partial charge in [-0.1, -0.05) is 0 Å². The summed E-state index contributed by atoms with van der Waals surface area (Å²) in [6.45, 7) is 3.90. The topological polar surface area (TPSA) is 38.5 Å². The molecule has 15 heavy (non-hydrogen) atoms. The number of morpholine rings is 1. The van der Waals surface area contributed by atoms with Gasteiger partial charge in [-0.15, -0.1) is 0 Å². The molecule has 1 aromatic heterocycles. The first-order chi connectivity index (χ1) is 7.18. The van der Waals surface area contributed by atoms with Gasteiger partial charge in [-0.3, -0.25) is 0 Å². The van der Waals surface area contributed by atoms with Crippen LogP contribution in [0.2, 0.25) is 0 Å². The molecule has 0 N–H and O–H groups in total. The number of ether oxygens (including phenoxy) is 1. The monoisotopic (exact) mass is 218 g/mol. The number of hydrogen-bond acceptors (Lipinski definition) is 4. The van der Waals surface area contributed by atoms with Crippen LogP contribution in [0.5, 0.6) is 0 Å². The SMILES string of the molecule is Cc1oc(N2CCOCC2)nc1C(F)F. The Bertz CT molecular complexity index is 335. The fraction of sp³-hybridized carbons (Fsp3) is 0.667. The molecule has 6 heteroatoms. The van der Waals surface area contributed by atoms with Crippen LogP contribution in [0.3, 0.4) is 0 Å². The average Bonchev–Trinajstić information content (AvgIpc) is 2.62. The molecule has 1 fully saturated rings. The number of nitrogens with zero attached hydrogens (tertiary/aromatic N) is 2. The van der Waals surface area contributed by atoms with E-state index in [0.29, 0.717) is 26.3 Å². The summed E-state index contributed by atoms with van der Waals surface area (Å²) in [7, 11) is 0. The molecule has 1 aliphatic rings. The molecule has 84 valence electrons. The highest BCUT2D eigenvalue weighted by atomic mass is 19.3. The van der Waals surface area contributed by atoms with Crippen LogP contribution in [0.1, 0.15) is 17.9 Å². The minimum Gasteiger partial charge on any atom is -0.428 e. The van der Waals surface area contributed by atoms with Crippen molar-refractivity contribution in [3.05, 3.63) is 11.5 Å². The van der Waals surface area contributed by atoms with Crippen LogP contribution in [0.25, 0.3) is 0 Å². The van der Waals surface area contributed by atoms with E-state index >= 15 is 0 Å². The first-order valence-corrected chi connectivity index (χ1v) is 4.76. The molecule has 0 saturated carbocycles. The van der Waals surface area contributed by atoms with Crippen molar-refractivity contribution < 1.29 is 17.9 Å². The van der Waals surface area contributed by atoms with E-state index in [9.17, 15) is 8.78 Å². The summed E-state index contributed by atoms with van der Waals surface area (Å²) in [5.74, 6) is 0.187. The van der Waals surface area contributed by atoms with Crippen LogP contribution < -0.4 is 4.90 Å². The fourth-order valence-electron chi connectivity index (χ4n) is 1.49. The second kappa shape index (κ2) is 4.14. The zero-order valence-electron chi connectivity index (χ0n) is 8.37. The van der Waals surface area contributed by atoms with Gasteiger partial charge >= 0.3 is 0 Å². The number of alkyl halides is 2. The van der Waals surface area contributed by atoms with Crippen molar-refractivity contribution in [2.24, 2.45) is 0 Å². The molecule has 0 unspecified atom stereocenters. The van der Waals surface area contributed by atoms with Gasteiger partial charge in [0.1, 0.15) is 11.5 Å². The summed E-state index contributed by atoms with van der Waals surface area (Å²) < 4.78 is 35.2. The number of anilines is 1. The van der Waals surface area contributed by atoms with Gasteiger partial charge in [-0.05, 0) is 6.92 Å². The number of oxazole rings is 1. The Labute approximate surface area is 85.8 Å². The minimum atomic E-state index is -2.58. The van der Waals surface area contributed by atoms with Gasteiger partial charge < -0.3 is 14.1 Å². The van der Waals surface area contributed by atoms with Crippen molar-refractivity contribution in [1.82, 2.24) is 4.98 Å². The van der Waals surface area contributed by atoms with Gasteiger partial charge in [0.2, 0.25) is 0 Å². The molecule has 0 amide bonds. The van der Waals surface area contributed by atoms with Crippen LogP contribution in [0.15, 0.2) is 4.42 Å². The zero-order chi connectivity index (χ0) is 10.8. The lowest BCUT2D eigenvalue weighted by Crippen LogP contribution is -2.36. The van der Waals surface area contributed by atoms with Crippen molar-refractivity contribution >= 4 is 6.01 Å². The Morgan fingerprint density at radius 2 is 2.00 bits per heavy atom. The number of hydrogen-bond donors (Lipinski definition) is 0. The third-order valence-electron chi connectivity index (χ3n) is 2.31. The van der Waals surface area contributed by atoms with Crippen LogP contribution >= 0.6 is 0 Å². The Morgan fingerprint density at radius 1 is 1.33 bits per heavy atom. The predicted molar refractivity (Wildman–Crippen MR) is 49.2 cm³/mol. The lowest BCUT2D eigenvalue weighted by atomic mass is 10.4. The normalized spacial score (nSPS) is 17.5. The number of halogens is 2. The van der Waals surface area contributed by atoms with Crippen LogP contribution in [0.4, 0.5) is 14.8 Å². The number of aromatic nitrogens is 1. The standard InChI is InChI=1S/C9H12F2N2O2/c1-6-7(8(10)11)12-9(15-6)13-2-4-14-5-3-13/h8H,2-5H2,1H3. The van der Waals surface area contributed by atoms with Crippen LogP contribution in [0, 0.1) is 6.92 Å². The van der Waals surface area contributed by atoms with Gasteiger partial charge in [-0.2, -0.15) is 4.98 Å². The van der Waals surface area contributed by atoms with Gasteiger partial charge in [0.25, 0.3) is 12.4 Å². The van der Waals surface area contributed by atoms with Crippen LogP contribution in [-0.2, 0) is 4.74 Å². The quantitative estimate of drug-likeness (QED) is 0.758. The second-order valence-electron chi connectivity index (χ2n) is 3.34.